The van der Waals surface area contributed by atoms with E-state index in [9.17, 15) is 4.79 Å². The number of amidine groups is 1. The van der Waals surface area contributed by atoms with E-state index in [1.165, 1.54) is 5.56 Å². The van der Waals surface area contributed by atoms with E-state index >= 15 is 0 Å². The summed E-state index contributed by atoms with van der Waals surface area (Å²) in [5, 5.41) is 3.00. The van der Waals surface area contributed by atoms with E-state index in [0.29, 0.717) is 29.3 Å². The van der Waals surface area contributed by atoms with E-state index in [1.807, 2.05) is 23.1 Å². The van der Waals surface area contributed by atoms with Crippen molar-refractivity contribution in [1.29, 1.82) is 0 Å². The normalized spacial score (nSPS) is 16.9. The summed E-state index contributed by atoms with van der Waals surface area (Å²) < 4.78 is 5.73. The molecule has 2 aliphatic heterocycles. The molecule has 4 rings (SSSR count). The van der Waals surface area contributed by atoms with Crippen LogP contribution in [0, 0.1) is 6.92 Å². The van der Waals surface area contributed by atoms with Gasteiger partial charge < -0.3 is 14.6 Å². The molecule has 6 heteroatoms. The van der Waals surface area contributed by atoms with Gasteiger partial charge in [-0.15, -0.1) is 0 Å². The number of nitrogens with one attached hydrogen (secondary N) is 1. The number of carbonyl (C=O) groups excluding carboxylic acids is 1. The zero-order valence-corrected chi connectivity index (χ0v) is 15.2. The number of rotatable bonds is 4. The summed E-state index contributed by atoms with van der Waals surface area (Å²) in [6.45, 7) is 7.24. The van der Waals surface area contributed by atoms with E-state index in [1.54, 1.807) is 13.3 Å². The zero-order valence-electron chi connectivity index (χ0n) is 15.2. The van der Waals surface area contributed by atoms with Gasteiger partial charge in [-0.25, -0.2) is 4.99 Å². The summed E-state index contributed by atoms with van der Waals surface area (Å²) in [6.07, 6.45) is 2.51. The van der Waals surface area contributed by atoms with Gasteiger partial charge in [-0.2, -0.15) is 0 Å². The zero-order chi connectivity index (χ0) is 18.3. The van der Waals surface area contributed by atoms with Gasteiger partial charge in [0.05, 0.1) is 23.2 Å². The number of hydrogen-bond donors (Lipinski definition) is 1. The molecule has 1 aromatic heterocycles. The molecule has 0 atom stereocenters. The minimum atomic E-state index is -0.213. The average molecular weight is 350 g/mol. The van der Waals surface area contributed by atoms with Crippen molar-refractivity contribution in [1.82, 2.24) is 10.2 Å². The van der Waals surface area contributed by atoms with Gasteiger partial charge in [-0.3, -0.25) is 9.79 Å². The molecule has 134 valence electrons. The topological polar surface area (TPSA) is 70.2 Å². The monoisotopic (exact) mass is 350 g/mol. The molecular weight excluding hydrogens is 328 g/mol. The minimum Gasteiger partial charge on any atom is -0.442 e. The van der Waals surface area contributed by atoms with Crippen molar-refractivity contribution in [3.63, 3.8) is 0 Å². The Morgan fingerprint density at radius 3 is 2.85 bits per heavy atom. The Morgan fingerprint density at radius 1 is 1.31 bits per heavy atom. The predicted molar refractivity (Wildman–Crippen MR) is 101 cm³/mol. The maximum atomic E-state index is 12.8. The van der Waals surface area contributed by atoms with Crippen LogP contribution in [-0.2, 0) is 6.42 Å². The molecule has 0 saturated carbocycles. The Morgan fingerprint density at radius 2 is 2.08 bits per heavy atom. The van der Waals surface area contributed by atoms with E-state index in [0.717, 1.165) is 18.8 Å². The van der Waals surface area contributed by atoms with Crippen LogP contribution >= 0.6 is 0 Å². The number of aryl methyl sites for hydroxylation is 1. The van der Waals surface area contributed by atoms with Crippen LogP contribution in [0.15, 0.2) is 44.7 Å². The first-order valence-corrected chi connectivity index (χ1v) is 8.81. The number of benzene rings is 1. The average Bonchev–Trinajstić information content (AvgIpc) is 3.10. The van der Waals surface area contributed by atoms with Crippen molar-refractivity contribution in [2.24, 2.45) is 9.98 Å². The SMILES string of the molecule is Cc1oc2c(c1C(=O)NCCc1ccccc1)C1=NC(C)(C)CN1C=N2. The lowest BCUT2D eigenvalue weighted by atomic mass is 10.1. The molecule has 1 amide bonds. The molecule has 26 heavy (non-hydrogen) atoms. The molecule has 2 aromatic rings. The Balaban J connectivity index is 1.57. The Kier molecular flexibility index (Phi) is 3.90. The first-order valence-electron chi connectivity index (χ1n) is 8.81. The predicted octanol–water partition coefficient (Wildman–Crippen LogP) is 3.07. The molecule has 0 bridgehead atoms. The van der Waals surface area contributed by atoms with Gasteiger partial charge in [-0.05, 0) is 32.8 Å². The van der Waals surface area contributed by atoms with Gasteiger partial charge in [-0.1, -0.05) is 30.3 Å². The van der Waals surface area contributed by atoms with Crippen LogP contribution in [0.25, 0.3) is 0 Å². The molecule has 3 heterocycles. The number of furan rings is 1. The number of aliphatic imine (C=N–C) groups is 2. The molecule has 0 radical (unpaired) electrons. The first-order chi connectivity index (χ1) is 12.4. The Bertz CT molecular complexity index is 909. The van der Waals surface area contributed by atoms with Gasteiger partial charge in [0.25, 0.3) is 5.91 Å². The van der Waals surface area contributed by atoms with Crippen molar-refractivity contribution in [2.75, 3.05) is 13.1 Å². The van der Waals surface area contributed by atoms with Crippen LogP contribution in [0.3, 0.4) is 0 Å². The smallest absolute Gasteiger partial charge is 0.255 e. The van der Waals surface area contributed by atoms with Gasteiger partial charge >= 0.3 is 0 Å². The Hall–Kier alpha value is -2.89. The lowest BCUT2D eigenvalue weighted by Gasteiger charge is -2.20. The molecule has 0 saturated heterocycles. The van der Waals surface area contributed by atoms with Gasteiger partial charge in [0, 0.05) is 6.54 Å². The fourth-order valence-electron chi connectivity index (χ4n) is 3.45. The number of amides is 1. The molecule has 1 aromatic carbocycles. The van der Waals surface area contributed by atoms with Crippen molar-refractivity contribution in [3.8, 4) is 0 Å². The highest BCUT2D eigenvalue weighted by molar-refractivity contribution is 6.17. The minimum absolute atomic E-state index is 0.145. The van der Waals surface area contributed by atoms with Crippen molar-refractivity contribution in [3.05, 3.63) is 52.8 Å². The quantitative estimate of drug-likeness (QED) is 0.921. The number of hydrogen-bond acceptors (Lipinski definition) is 5. The highest BCUT2D eigenvalue weighted by Gasteiger charge is 2.38. The van der Waals surface area contributed by atoms with Crippen LogP contribution in [0.1, 0.15) is 41.1 Å². The molecule has 0 aliphatic carbocycles. The molecule has 2 aliphatic rings. The highest BCUT2D eigenvalue weighted by Crippen LogP contribution is 2.36. The first kappa shape index (κ1) is 16.6. The lowest BCUT2D eigenvalue weighted by Crippen LogP contribution is -2.34. The summed E-state index contributed by atoms with van der Waals surface area (Å²) in [5.41, 5.74) is 2.21. The molecule has 1 N–H and O–H groups in total. The second kappa shape index (κ2) is 6.12. The highest BCUT2D eigenvalue weighted by atomic mass is 16.4. The summed E-state index contributed by atoms with van der Waals surface area (Å²) >= 11 is 0. The summed E-state index contributed by atoms with van der Waals surface area (Å²) in [6, 6.07) is 10.1. The summed E-state index contributed by atoms with van der Waals surface area (Å²) in [7, 11) is 0. The van der Waals surface area contributed by atoms with Crippen LogP contribution in [-0.4, -0.2) is 41.6 Å². The van der Waals surface area contributed by atoms with Crippen LogP contribution in [0.5, 0.6) is 0 Å². The van der Waals surface area contributed by atoms with E-state index < -0.39 is 0 Å². The third kappa shape index (κ3) is 2.92. The largest absolute Gasteiger partial charge is 0.442 e. The van der Waals surface area contributed by atoms with E-state index in [2.05, 4.69) is 36.3 Å². The second-order valence-electron chi connectivity index (χ2n) is 7.33. The second-order valence-corrected chi connectivity index (χ2v) is 7.33. The summed E-state index contributed by atoms with van der Waals surface area (Å²) in [4.78, 5) is 24.0. The number of nitrogens with zero attached hydrogens (tertiary/aromatic N) is 3. The molecule has 6 nitrogen and oxygen atoms in total. The number of carbonyl (C=O) groups is 1. The third-order valence-corrected chi connectivity index (χ3v) is 4.61. The summed E-state index contributed by atoms with van der Waals surface area (Å²) in [5.74, 6) is 1.65. The molecular formula is C20H22N4O2. The van der Waals surface area contributed by atoms with Gasteiger partial charge in [0.1, 0.15) is 17.9 Å². The van der Waals surface area contributed by atoms with E-state index in [4.69, 9.17) is 9.41 Å². The van der Waals surface area contributed by atoms with Crippen LogP contribution in [0.2, 0.25) is 0 Å². The maximum Gasteiger partial charge on any atom is 0.255 e. The van der Waals surface area contributed by atoms with Crippen molar-refractivity contribution >= 4 is 24.0 Å². The van der Waals surface area contributed by atoms with Gasteiger partial charge in [0.2, 0.25) is 5.88 Å². The van der Waals surface area contributed by atoms with E-state index in [-0.39, 0.29) is 11.4 Å². The molecule has 0 spiro atoms. The maximum absolute atomic E-state index is 12.8. The lowest BCUT2D eigenvalue weighted by molar-refractivity contribution is 0.0952. The fourth-order valence-corrected chi connectivity index (χ4v) is 3.45. The van der Waals surface area contributed by atoms with Crippen LogP contribution in [0.4, 0.5) is 5.88 Å². The fraction of sp³-hybridized carbons (Fsp3) is 0.350. The van der Waals surface area contributed by atoms with Crippen LogP contribution < -0.4 is 5.32 Å². The Labute approximate surface area is 152 Å². The molecule has 0 unspecified atom stereocenters. The van der Waals surface area contributed by atoms with Crippen molar-refractivity contribution in [2.45, 2.75) is 32.7 Å². The molecule has 0 fully saturated rings. The number of fused-ring (bicyclic) bond motifs is 3. The standard InChI is InChI=1S/C20H22N4O2/c1-13-15(18(25)21-10-9-14-7-5-4-6-8-14)16-17-23-20(2,3)11-24(17)12-22-19(16)26-13/h4-8,12H,9-11H2,1-3H3,(H,21,25). The van der Waals surface area contributed by atoms with Crippen molar-refractivity contribution < 1.29 is 9.21 Å². The third-order valence-electron chi connectivity index (χ3n) is 4.61. The van der Waals surface area contributed by atoms with Gasteiger partial charge in [0.15, 0.2) is 0 Å².